The minimum Gasteiger partial charge on any atom is -0.490 e. The Labute approximate surface area is 209 Å². The fraction of sp³-hybridized carbons (Fsp3) is 0.296. The molecular weight excluding hydrogens is 460 g/mol. The van der Waals surface area contributed by atoms with Crippen molar-refractivity contribution in [3.05, 3.63) is 59.5 Å². The third kappa shape index (κ3) is 4.28. The normalized spacial score (nSPS) is 12.4. The molecule has 9 heteroatoms. The Morgan fingerprint density at radius 1 is 1.00 bits per heavy atom. The van der Waals surface area contributed by atoms with E-state index in [9.17, 15) is 4.79 Å². The van der Waals surface area contributed by atoms with Crippen molar-refractivity contribution in [1.29, 1.82) is 0 Å². The average Bonchev–Trinajstić information content (AvgIpc) is 3.22. The standard InChI is InChI=1S/C27H28N4O5/c1-5-33-21-9-7-18(13-23(21)34-6-2)25-16(3)30-31-17(4)20(15-28-26(25)31)27(32)29-19-8-10-22-24(14-19)36-12-11-35-22/h7-10,13-15H,5-6,11-12H2,1-4H3,(H,29,32). The number of anilines is 1. The second-order valence-corrected chi connectivity index (χ2v) is 8.29. The van der Waals surface area contributed by atoms with Gasteiger partial charge in [0, 0.05) is 23.5 Å². The van der Waals surface area contributed by atoms with Crippen molar-refractivity contribution in [3.8, 4) is 34.1 Å². The lowest BCUT2D eigenvalue weighted by atomic mass is 10.1. The Bertz CT molecular complexity index is 1450. The van der Waals surface area contributed by atoms with Crippen LogP contribution in [-0.2, 0) is 0 Å². The molecule has 1 N–H and O–H groups in total. The molecular formula is C27H28N4O5. The summed E-state index contributed by atoms with van der Waals surface area (Å²) in [5, 5.41) is 7.62. The highest BCUT2D eigenvalue weighted by atomic mass is 16.6. The van der Waals surface area contributed by atoms with Gasteiger partial charge in [0.15, 0.2) is 28.6 Å². The van der Waals surface area contributed by atoms with Crippen LogP contribution in [0.2, 0.25) is 0 Å². The third-order valence-electron chi connectivity index (χ3n) is 5.94. The number of amides is 1. The van der Waals surface area contributed by atoms with Gasteiger partial charge in [-0.15, -0.1) is 0 Å². The van der Waals surface area contributed by atoms with Gasteiger partial charge in [-0.05, 0) is 57.5 Å². The lowest BCUT2D eigenvalue weighted by Gasteiger charge is -2.19. The number of ether oxygens (including phenoxy) is 4. The molecule has 0 fully saturated rings. The Morgan fingerprint density at radius 3 is 2.53 bits per heavy atom. The molecule has 0 radical (unpaired) electrons. The molecule has 36 heavy (non-hydrogen) atoms. The van der Waals surface area contributed by atoms with Gasteiger partial charge in [-0.2, -0.15) is 5.10 Å². The number of nitrogens with one attached hydrogen (secondary N) is 1. The first-order valence-corrected chi connectivity index (χ1v) is 12.0. The SMILES string of the molecule is CCOc1ccc(-c2c(C)nn3c(C)c(C(=O)Nc4ccc5c(c4)OCCO5)cnc23)cc1OCC. The number of benzene rings is 2. The van der Waals surface area contributed by atoms with Crippen molar-refractivity contribution >= 4 is 17.2 Å². The van der Waals surface area contributed by atoms with Crippen LogP contribution in [0.5, 0.6) is 23.0 Å². The second kappa shape index (κ2) is 9.77. The third-order valence-corrected chi connectivity index (χ3v) is 5.94. The summed E-state index contributed by atoms with van der Waals surface area (Å²) in [6, 6.07) is 11.1. The molecule has 0 saturated carbocycles. The summed E-state index contributed by atoms with van der Waals surface area (Å²) in [5.74, 6) is 2.36. The number of carbonyl (C=O) groups is 1. The van der Waals surface area contributed by atoms with E-state index in [1.165, 1.54) is 0 Å². The summed E-state index contributed by atoms with van der Waals surface area (Å²) in [6.07, 6.45) is 1.58. The highest BCUT2D eigenvalue weighted by molar-refractivity contribution is 6.05. The average molecular weight is 489 g/mol. The van der Waals surface area contributed by atoms with Gasteiger partial charge in [-0.3, -0.25) is 4.79 Å². The van der Waals surface area contributed by atoms with Crippen molar-refractivity contribution in [2.75, 3.05) is 31.7 Å². The number of hydrogen-bond acceptors (Lipinski definition) is 7. The van der Waals surface area contributed by atoms with Crippen molar-refractivity contribution in [3.63, 3.8) is 0 Å². The number of rotatable bonds is 7. The van der Waals surface area contributed by atoms with Crippen LogP contribution in [0.1, 0.15) is 35.6 Å². The first kappa shape index (κ1) is 23.5. The monoisotopic (exact) mass is 488 g/mol. The first-order valence-electron chi connectivity index (χ1n) is 12.0. The van der Waals surface area contributed by atoms with E-state index in [0.29, 0.717) is 72.0 Å². The molecule has 0 spiro atoms. The van der Waals surface area contributed by atoms with E-state index in [4.69, 9.17) is 24.0 Å². The van der Waals surface area contributed by atoms with E-state index in [1.807, 2.05) is 45.9 Å². The van der Waals surface area contributed by atoms with Gasteiger partial charge in [0.25, 0.3) is 5.91 Å². The fourth-order valence-corrected chi connectivity index (χ4v) is 4.29. The molecule has 2 aromatic heterocycles. The molecule has 0 bridgehead atoms. The lowest BCUT2D eigenvalue weighted by molar-refractivity contribution is 0.102. The van der Waals surface area contributed by atoms with Gasteiger partial charge in [0.05, 0.1) is 30.2 Å². The van der Waals surface area contributed by atoms with E-state index < -0.39 is 0 Å². The second-order valence-electron chi connectivity index (χ2n) is 8.29. The van der Waals surface area contributed by atoms with Gasteiger partial charge in [0.1, 0.15) is 13.2 Å². The molecule has 0 aliphatic carbocycles. The number of fused-ring (bicyclic) bond motifs is 2. The molecule has 1 aliphatic rings. The summed E-state index contributed by atoms with van der Waals surface area (Å²) in [4.78, 5) is 17.8. The van der Waals surface area contributed by atoms with Crippen LogP contribution in [-0.4, -0.2) is 46.9 Å². The highest BCUT2D eigenvalue weighted by Gasteiger charge is 2.21. The largest absolute Gasteiger partial charge is 0.490 e. The zero-order valence-corrected chi connectivity index (χ0v) is 20.8. The summed E-state index contributed by atoms with van der Waals surface area (Å²) < 4.78 is 24.4. The maximum atomic E-state index is 13.1. The quantitative estimate of drug-likeness (QED) is 0.398. The van der Waals surface area contributed by atoms with Gasteiger partial charge in [-0.25, -0.2) is 9.50 Å². The molecule has 186 valence electrons. The van der Waals surface area contributed by atoms with Gasteiger partial charge < -0.3 is 24.3 Å². The Morgan fingerprint density at radius 2 is 1.75 bits per heavy atom. The van der Waals surface area contributed by atoms with Gasteiger partial charge in [0.2, 0.25) is 0 Å². The summed E-state index contributed by atoms with van der Waals surface area (Å²) in [5.41, 5.74) is 4.96. The molecule has 4 aromatic rings. The summed E-state index contributed by atoms with van der Waals surface area (Å²) in [6.45, 7) is 9.72. The minimum absolute atomic E-state index is 0.284. The van der Waals surface area contributed by atoms with Crippen LogP contribution < -0.4 is 24.3 Å². The van der Waals surface area contributed by atoms with E-state index in [1.54, 1.807) is 28.9 Å². The van der Waals surface area contributed by atoms with Crippen LogP contribution in [0, 0.1) is 13.8 Å². The maximum absolute atomic E-state index is 13.1. The van der Waals surface area contributed by atoms with Crippen LogP contribution in [0.3, 0.4) is 0 Å². The zero-order valence-electron chi connectivity index (χ0n) is 20.8. The zero-order chi connectivity index (χ0) is 25.2. The highest BCUT2D eigenvalue weighted by Crippen LogP contribution is 2.36. The van der Waals surface area contributed by atoms with Crippen LogP contribution >= 0.6 is 0 Å². The van der Waals surface area contributed by atoms with Crippen LogP contribution in [0.4, 0.5) is 5.69 Å². The molecule has 1 aliphatic heterocycles. The summed E-state index contributed by atoms with van der Waals surface area (Å²) in [7, 11) is 0. The van der Waals surface area contributed by atoms with E-state index in [0.717, 1.165) is 16.8 Å². The van der Waals surface area contributed by atoms with Crippen molar-refractivity contribution in [1.82, 2.24) is 14.6 Å². The smallest absolute Gasteiger partial charge is 0.259 e. The Kier molecular flexibility index (Phi) is 6.37. The molecule has 2 aromatic carbocycles. The van der Waals surface area contributed by atoms with Crippen LogP contribution in [0.25, 0.3) is 16.8 Å². The van der Waals surface area contributed by atoms with Gasteiger partial charge >= 0.3 is 0 Å². The van der Waals surface area contributed by atoms with E-state index in [-0.39, 0.29) is 5.91 Å². The number of aromatic nitrogens is 3. The maximum Gasteiger partial charge on any atom is 0.259 e. The Balaban J connectivity index is 1.48. The molecule has 1 amide bonds. The molecule has 9 nitrogen and oxygen atoms in total. The number of nitrogens with zero attached hydrogens (tertiary/aromatic N) is 3. The Hall–Kier alpha value is -4.27. The predicted molar refractivity (Wildman–Crippen MR) is 136 cm³/mol. The van der Waals surface area contributed by atoms with Crippen molar-refractivity contribution in [2.45, 2.75) is 27.7 Å². The lowest BCUT2D eigenvalue weighted by Crippen LogP contribution is -2.18. The van der Waals surface area contributed by atoms with Crippen LogP contribution in [0.15, 0.2) is 42.6 Å². The van der Waals surface area contributed by atoms with Crippen molar-refractivity contribution in [2.24, 2.45) is 0 Å². The molecule has 0 saturated heterocycles. The molecule has 5 rings (SSSR count). The van der Waals surface area contributed by atoms with Gasteiger partial charge in [-0.1, -0.05) is 6.07 Å². The molecule has 3 heterocycles. The van der Waals surface area contributed by atoms with E-state index in [2.05, 4.69) is 10.3 Å². The first-order chi connectivity index (χ1) is 17.5. The summed E-state index contributed by atoms with van der Waals surface area (Å²) >= 11 is 0. The molecule has 0 atom stereocenters. The minimum atomic E-state index is -0.284. The predicted octanol–water partition coefficient (Wildman–Crippen LogP) is 4.83. The molecule has 0 unspecified atom stereocenters. The number of carbonyl (C=O) groups excluding carboxylic acids is 1. The number of aryl methyl sites for hydroxylation is 2. The topological polar surface area (TPSA) is 96.2 Å². The van der Waals surface area contributed by atoms with Crippen molar-refractivity contribution < 1.29 is 23.7 Å². The fourth-order valence-electron chi connectivity index (χ4n) is 4.29. The number of hydrogen-bond donors (Lipinski definition) is 1. The van der Waals surface area contributed by atoms with E-state index >= 15 is 0 Å².